The number of nitrogens with one attached hydrogen (secondary N) is 2. The molecule has 2 aliphatic rings. The zero-order valence-electron chi connectivity index (χ0n) is 29.0. The molecule has 4 aromatic carbocycles. The highest BCUT2D eigenvalue weighted by atomic mass is 16.7. The number of aromatic amines is 2. The van der Waals surface area contributed by atoms with Crippen LogP contribution >= 0.6 is 0 Å². The van der Waals surface area contributed by atoms with Gasteiger partial charge in [-0.1, -0.05) is 121 Å². The summed E-state index contributed by atoms with van der Waals surface area (Å²) in [4.78, 5) is 18.2. The molecule has 8 bridgehead atoms. The molecule has 7 heteroatoms. The van der Waals surface area contributed by atoms with Crippen molar-refractivity contribution < 1.29 is 14.6 Å². The van der Waals surface area contributed by atoms with E-state index in [0.717, 1.165) is 72.4 Å². The second kappa shape index (κ2) is 14.0. The van der Waals surface area contributed by atoms with Crippen LogP contribution in [0.3, 0.4) is 0 Å². The fourth-order valence-corrected chi connectivity index (χ4v) is 7.31. The van der Waals surface area contributed by atoms with Gasteiger partial charge in [0.05, 0.1) is 11.4 Å². The van der Waals surface area contributed by atoms with E-state index in [1.807, 2.05) is 97.9 Å². The van der Waals surface area contributed by atoms with Crippen molar-refractivity contribution >= 4 is 34.2 Å². The minimum Gasteiger partial charge on any atom is -0.363 e. The Morgan fingerprint density at radius 2 is 0.887 bits per heavy atom. The first-order valence-electron chi connectivity index (χ1n) is 17.8. The highest BCUT2D eigenvalue weighted by Gasteiger charge is 2.31. The normalized spacial score (nSPS) is 15.4. The first kappa shape index (κ1) is 32.5. The lowest BCUT2D eigenvalue weighted by molar-refractivity contribution is -0.245. The second-order valence-electron chi connectivity index (χ2n) is 12.9. The average molecular weight is 693 g/mol. The molecule has 3 N–H and O–H groups in total. The molecular formula is C46H36N4O3. The monoisotopic (exact) mass is 692 g/mol. The van der Waals surface area contributed by atoms with Gasteiger partial charge in [-0.15, -0.1) is 0 Å². The largest absolute Gasteiger partial charge is 0.363 e. The molecule has 3 aromatic heterocycles. The number of aliphatic hydroxyl groups is 1. The van der Waals surface area contributed by atoms with Crippen LogP contribution in [0.15, 0.2) is 146 Å². The van der Waals surface area contributed by atoms with Gasteiger partial charge in [0.1, 0.15) is 11.4 Å². The maximum atomic E-state index is 11.8. The van der Waals surface area contributed by atoms with Gasteiger partial charge in [-0.05, 0) is 65.6 Å². The first-order valence-corrected chi connectivity index (χ1v) is 17.8. The number of H-pyrrole nitrogens is 2. The summed E-state index contributed by atoms with van der Waals surface area (Å²) < 4.78 is 12.6. The lowest BCUT2D eigenvalue weighted by Crippen LogP contribution is -2.22. The Kier molecular flexibility index (Phi) is 8.57. The summed E-state index contributed by atoms with van der Waals surface area (Å²) in [6.45, 7) is 2.26. The average Bonchev–Trinajstić information content (AvgIpc) is 3.99. The van der Waals surface area contributed by atoms with E-state index in [1.54, 1.807) is 0 Å². The maximum absolute atomic E-state index is 11.8. The lowest BCUT2D eigenvalue weighted by Gasteiger charge is -2.28. The summed E-state index contributed by atoms with van der Waals surface area (Å²) in [5.41, 5.74) is 13.2. The molecule has 0 fully saturated rings. The number of aromatic nitrogens is 4. The number of aliphatic hydroxyl groups excluding tert-OH is 1. The molecule has 0 unspecified atom stereocenters. The minimum atomic E-state index is -1.37. The number of hydrogen-bond acceptors (Lipinski definition) is 5. The number of ether oxygens (including phenoxy) is 2. The third-order valence-corrected chi connectivity index (χ3v) is 9.63. The zero-order valence-corrected chi connectivity index (χ0v) is 29.0. The van der Waals surface area contributed by atoms with Gasteiger partial charge in [-0.25, -0.2) is 9.97 Å². The van der Waals surface area contributed by atoms with Crippen molar-refractivity contribution in [1.82, 2.24) is 19.9 Å². The van der Waals surface area contributed by atoms with E-state index >= 15 is 0 Å². The van der Waals surface area contributed by atoms with Crippen LogP contribution in [-0.4, -0.2) is 31.6 Å². The number of rotatable bonds is 6. The topological polar surface area (TPSA) is 96.1 Å². The molecule has 5 heterocycles. The molecule has 9 rings (SSSR count). The Morgan fingerprint density at radius 1 is 0.509 bits per heavy atom. The van der Waals surface area contributed by atoms with Gasteiger partial charge in [0.2, 0.25) is 12.6 Å². The molecular weight excluding hydrogens is 657 g/mol. The Balaban J connectivity index is 1.52. The summed E-state index contributed by atoms with van der Waals surface area (Å²) in [6, 6.07) is 49.0. The van der Waals surface area contributed by atoms with E-state index in [9.17, 15) is 5.11 Å². The highest BCUT2D eigenvalue weighted by molar-refractivity contribution is 5.97. The van der Waals surface area contributed by atoms with Crippen LogP contribution in [0.1, 0.15) is 42.3 Å². The van der Waals surface area contributed by atoms with Crippen molar-refractivity contribution in [1.29, 1.82) is 0 Å². The van der Waals surface area contributed by atoms with Gasteiger partial charge in [-0.3, -0.25) is 0 Å². The molecule has 0 amide bonds. The van der Waals surface area contributed by atoms with Gasteiger partial charge >= 0.3 is 0 Å². The van der Waals surface area contributed by atoms with Crippen molar-refractivity contribution in [3.05, 3.63) is 168 Å². The second-order valence-corrected chi connectivity index (χ2v) is 12.9. The Hall–Kier alpha value is -6.38. The fourth-order valence-electron chi connectivity index (χ4n) is 7.31. The molecule has 53 heavy (non-hydrogen) atoms. The van der Waals surface area contributed by atoms with Crippen molar-refractivity contribution in [2.45, 2.75) is 19.5 Å². The number of fused-ring (bicyclic) bond motifs is 8. The van der Waals surface area contributed by atoms with Crippen molar-refractivity contribution in [3.63, 3.8) is 0 Å². The predicted molar refractivity (Wildman–Crippen MR) is 212 cm³/mol. The molecule has 0 saturated carbocycles. The Morgan fingerprint density at radius 3 is 1.30 bits per heavy atom. The number of hydrogen-bond donors (Lipinski definition) is 3. The molecule has 0 radical (unpaired) electrons. The first-order chi connectivity index (χ1) is 26.2. The van der Waals surface area contributed by atoms with Gasteiger partial charge in [0, 0.05) is 50.9 Å². The summed E-state index contributed by atoms with van der Waals surface area (Å²) in [5, 5.41) is 11.8. The van der Waals surface area contributed by atoms with Crippen LogP contribution in [0.2, 0.25) is 0 Å². The summed E-state index contributed by atoms with van der Waals surface area (Å²) in [6.07, 6.45) is 1.87. The van der Waals surface area contributed by atoms with Gasteiger partial charge in [0.15, 0.2) is 0 Å². The minimum absolute atomic E-state index is 0.355. The Bertz CT molecular complexity index is 2620. The third-order valence-electron chi connectivity index (χ3n) is 9.63. The SMILES string of the molecule is CCO[C@H]1O[C@H](O)c2nc1c(-c1ccccc1)c1ccc([nH]1)c(-c1ccccc1)c1nc(c(-c3ccccc3)c3ccc([nH]3)c2-c2ccccc2)C=C1. The molecule has 258 valence electrons. The molecule has 2 atom stereocenters. The summed E-state index contributed by atoms with van der Waals surface area (Å²) in [7, 11) is 0. The predicted octanol–water partition coefficient (Wildman–Crippen LogP) is 10.9. The summed E-state index contributed by atoms with van der Waals surface area (Å²) >= 11 is 0. The third kappa shape index (κ3) is 6.07. The smallest absolute Gasteiger partial charge is 0.204 e. The molecule has 2 aliphatic heterocycles. The molecule has 0 saturated heterocycles. The number of nitrogens with zero attached hydrogens (tertiary/aromatic N) is 2. The van der Waals surface area contributed by atoms with Gasteiger partial charge in [-0.2, -0.15) is 0 Å². The van der Waals surface area contributed by atoms with E-state index in [1.165, 1.54) is 0 Å². The standard InChI is InChI=1S/C46H36N4O3/c1-2-52-46-44-42(32-21-13-6-14-22-32)38-28-26-36(49-38)40(30-17-9-4-10-18-30)34-24-23-33(47-34)39(29-15-7-3-8-16-29)35-25-27-37(48-35)41(31-19-11-5-12-20-31)43(50-44)45(51)53-46/h3-28,45-46,48-49,51H,2H2,1H3/t45-,46-/m0/s1. The number of benzene rings is 4. The van der Waals surface area contributed by atoms with E-state index < -0.39 is 12.6 Å². The molecule has 0 aliphatic carbocycles. The van der Waals surface area contributed by atoms with Crippen LogP contribution in [0, 0.1) is 0 Å². The van der Waals surface area contributed by atoms with E-state index in [-0.39, 0.29) is 0 Å². The lowest BCUT2D eigenvalue weighted by atomic mass is 10.0. The van der Waals surface area contributed by atoms with Crippen LogP contribution < -0.4 is 0 Å². The van der Waals surface area contributed by atoms with E-state index in [4.69, 9.17) is 19.4 Å². The quantitative estimate of drug-likeness (QED) is 0.161. The van der Waals surface area contributed by atoms with Gasteiger partial charge < -0.3 is 24.5 Å². The zero-order chi connectivity index (χ0) is 35.7. The van der Waals surface area contributed by atoms with E-state index in [0.29, 0.717) is 23.6 Å². The Labute approximate surface area is 306 Å². The molecule has 0 spiro atoms. The van der Waals surface area contributed by atoms with E-state index in [2.05, 4.69) is 76.7 Å². The van der Waals surface area contributed by atoms with Crippen LogP contribution in [-0.2, 0) is 9.47 Å². The van der Waals surface area contributed by atoms with Crippen molar-refractivity contribution in [2.75, 3.05) is 6.61 Å². The van der Waals surface area contributed by atoms with Crippen LogP contribution in [0.5, 0.6) is 0 Å². The highest BCUT2D eigenvalue weighted by Crippen LogP contribution is 2.42. The molecule has 7 nitrogen and oxygen atoms in total. The van der Waals surface area contributed by atoms with Crippen LogP contribution in [0.25, 0.3) is 78.7 Å². The molecule has 7 aromatic rings. The fraction of sp³-hybridized carbons (Fsp3) is 0.0870. The van der Waals surface area contributed by atoms with Crippen molar-refractivity contribution in [2.24, 2.45) is 0 Å². The summed E-state index contributed by atoms with van der Waals surface area (Å²) in [5.74, 6) is 0. The van der Waals surface area contributed by atoms with Crippen molar-refractivity contribution in [3.8, 4) is 44.5 Å². The van der Waals surface area contributed by atoms with Gasteiger partial charge in [0.25, 0.3) is 0 Å². The maximum Gasteiger partial charge on any atom is 0.204 e. The van der Waals surface area contributed by atoms with Crippen LogP contribution in [0.4, 0.5) is 0 Å².